The largest absolute Gasteiger partial charge is 0.353 e. The molecular formula is C17H14N6O3. The van der Waals surface area contributed by atoms with Crippen LogP contribution in [0.2, 0.25) is 0 Å². The highest BCUT2D eigenvalue weighted by Crippen LogP contribution is 2.32. The number of nitrogens with zero attached hydrogens (tertiary/aromatic N) is 4. The molecule has 0 atom stereocenters. The van der Waals surface area contributed by atoms with Crippen LogP contribution in [0.5, 0.6) is 0 Å². The van der Waals surface area contributed by atoms with Crippen LogP contribution in [0.25, 0.3) is 0 Å². The van der Waals surface area contributed by atoms with Crippen LogP contribution in [0.4, 0.5) is 28.8 Å². The SMILES string of the molecule is CC(=O)c1cccc(Nc2ncnc(Nc3ccccn3)c2[N+](=O)[O-])c1. The van der Waals surface area contributed by atoms with Crippen LogP contribution >= 0.6 is 0 Å². The van der Waals surface area contributed by atoms with E-state index in [0.717, 1.165) is 0 Å². The summed E-state index contributed by atoms with van der Waals surface area (Å²) in [6.07, 6.45) is 2.76. The number of hydrogen-bond acceptors (Lipinski definition) is 8. The minimum atomic E-state index is -0.581. The highest BCUT2D eigenvalue weighted by Gasteiger charge is 2.23. The standard InChI is InChI=1S/C17H14N6O3/c1-11(24)12-5-4-6-13(9-12)21-16-15(23(25)26)17(20-10-19-16)22-14-7-2-3-8-18-14/h2-10H,1H3,(H2,18,19,20,21,22). The zero-order valence-corrected chi connectivity index (χ0v) is 13.7. The average Bonchev–Trinajstić information content (AvgIpc) is 2.62. The summed E-state index contributed by atoms with van der Waals surface area (Å²) in [5.41, 5.74) is 0.660. The fourth-order valence-corrected chi connectivity index (χ4v) is 2.25. The monoisotopic (exact) mass is 350 g/mol. The van der Waals surface area contributed by atoms with E-state index in [1.807, 2.05) is 0 Å². The molecule has 3 aromatic rings. The first-order chi connectivity index (χ1) is 12.5. The molecule has 1 aromatic carbocycles. The first-order valence-electron chi connectivity index (χ1n) is 7.60. The number of benzene rings is 1. The molecule has 0 aliphatic carbocycles. The van der Waals surface area contributed by atoms with Gasteiger partial charge in [0.25, 0.3) is 0 Å². The van der Waals surface area contributed by atoms with Gasteiger partial charge in [0.15, 0.2) is 5.78 Å². The van der Waals surface area contributed by atoms with Crippen molar-refractivity contribution in [2.24, 2.45) is 0 Å². The number of aromatic nitrogens is 3. The molecule has 0 aliphatic rings. The molecule has 9 heteroatoms. The first kappa shape index (κ1) is 17.0. The Labute approximate surface area is 148 Å². The Morgan fingerprint density at radius 2 is 1.81 bits per heavy atom. The van der Waals surface area contributed by atoms with Crippen LogP contribution in [0.3, 0.4) is 0 Å². The Balaban J connectivity index is 1.97. The second kappa shape index (κ2) is 7.34. The molecule has 2 heterocycles. The Morgan fingerprint density at radius 1 is 1.04 bits per heavy atom. The van der Waals surface area contributed by atoms with Crippen LogP contribution in [-0.2, 0) is 0 Å². The van der Waals surface area contributed by atoms with E-state index in [-0.39, 0.29) is 23.1 Å². The number of Topliss-reactive ketones (excluding diaryl/α,β-unsaturated/α-hetero) is 1. The zero-order valence-electron chi connectivity index (χ0n) is 13.7. The summed E-state index contributed by atoms with van der Waals surface area (Å²) in [5.74, 6) is 0.320. The summed E-state index contributed by atoms with van der Waals surface area (Å²) in [4.78, 5) is 34.5. The van der Waals surface area contributed by atoms with E-state index in [0.29, 0.717) is 17.1 Å². The van der Waals surface area contributed by atoms with Crippen molar-refractivity contribution in [1.82, 2.24) is 15.0 Å². The summed E-state index contributed by atoms with van der Waals surface area (Å²) in [5, 5.41) is 17.3. The molecule has 3 rings (SSSR count). The summed E-state index contributed by atoms with van der Waals surface area (Å²) < 4.78 is 0. The molecule has 0 saturated heterocycles. The highest BCUT2D eigenvalue weighted by molar-refractivity contribution is 5.95. The van der Waals surface area contributed by atoms with Gasteiger partial charge in [0.2, 0.25) is 11.6 Å². The molecule has 2 N–H and O–H groups in total. The predicted molar refractivity (Wildman–Crippen MR) is 95.9 cm³/mol. The predicted octanol–water partition coefficient (Wildman–Crippen LogP) is 3.47. The Morgan fingerprint density at radius 3 is 2.46 bits per heavy atom. The second-order valence-corrected chi connectivity index (χ2v) is 5.28. The van der Waals surface area contributed by atoms with E-state index in [1.54, 1.807) is 48.7 Å². The van der Waals surface area contributed by atoms with Gasteiger partial charge >= 0.3 is 5.69 Å². The number of carbonyl (C=O) groups excluding carboxylic acids is 1. The molecule has 0 saturated carbocycles. The van der Waals surface area contributed by atoms with Gasteiger partial charge in [-0.2, -0.15) is 0 Å². The quantitative estimate of drug-likeness (QED) is 0.393. The minimum Gasteiger partial charge on any atom is -0.334 e. The Hall–Kier alpha value is -3.88. The summed E-state index contributed by atoms with van der Waals surface area (Å²) in [6, 6.07) is 11.8. The van der Waals surface area contributed by atoms with Gasteiger partial charge in [-0.05, 0) is 31.2 Å². The topological polar surface area (TPSA) is 123 Å². The Kier molecular flexibility index (Phi) is 4.79. The fourth-order valence-electron chi connectivity index (χ4n) is 2.25. The van der Waals surface area contributed by atoms with Crippen LogP contribution in [0.15, 0.2) is 55.0 Å². The van der Waals surface area contributed by atoms with Crippen molar-refractivity contribution >= 4 is 34.6 Å². The van der Waals surface area contributed by atoms with E-state index in [4.69, 9.17) is 0 Å². The molecule has 0 unspecified atom stereocenters. The Bertz CT molecular complexity index is 962. The van der Waals surface area contributed by atoms with Crippen molar-refractivity contribution in [2.75, 3.05) is 10.6 Å². The van der Waals surface area contributed by atoms with Crippen LogP contribution in [-0.4, -0.2) is 25.7 Å². The molecule has 9 nitrogen and oxygen atoms in total. The van der Waals surface area contributed by atoms with Gasteiger partial charge in [-0.1, -0.05) is 18.2 Å². The van der Waals surface area contributed by atoms with Gasteiger partial charge < -0.3 is 10.6 Å². The van der Waals surface area contributed by atoms with Gasteiger partial charge in [0.05, 0.1) is 4.92 Å². The van der Waals surface area contributed by atoms with Crippen LogP contribution in [0.1, 0.15) is 17.3 Å². The van der Waals surface area contributed by atoms with Gasteiger partial charge in [-0.3, -0.25) is 14.9 Å². The fraction of sp³-hybridized carbons (Fsp3) is 0.0588. The molecule has 0 fully saturated rings. The normalized spacial score (nSPS) is 10.2. The van der Waals surface area contributed by atoms with Gasteiger partial charge in [0.1, 0.15) is 12.1 Å². The van der Waals surface area contributed by atoms with Crippen LogP contribution in [0, 0.1) is 10.1 Å². The summed E-state index contributed by atoms with van der Waals surface area (Å²) in [7, 11) is 0. The number of hydrogen-bond donors (Lipinski definition) is 2. The molecule has 0 radical (unpaired) electrons. The van der Waals surface area contributed by atoms with Crippen LogP contribution < -0.4 is 10.6 Å². The summed E-state index contributed by atoms with van der Waals surface area (Å²) >= 11 is 0. The number of rotatable bonds is 6. The smallest absolute Gasteiger partial charge is 0.334 e. The van der Waals surface area contributed by atoms with Gasteiger partial charge in [-0.15, -0.1) is 0 Å². The van der Waals surface area contributed by atoms with Crippen molar-refractivity contribution in [2.45, 2.75) is 6.92 Å². The van der Waals surface area contributed by atoms with E-state index in [9.17, 15) is 14.9 Å². The third-order valence-electron chi connectivity index (χ3n) is 3.45. The number of nitro groups is 1. The molecule has 0 bridgehead atoms. The van der Waals surface area contributed by atoms with Crippen molar-refractivity contribution in [3.05, 3.63) is 70.7 Å². The molecule has 2 aromatic heterocycles. The van der Waals surface area contributed by atoms with E-state index in [2.05, 4.69) is 25.6 Å². The highest BCUT2D eigenvalue weighted by atomic mass is 16.6. The average molecular weight is 350 g/mol. The maximum Gasteiger partial charge on any atom is 0.353 e. The lowest BCUT2D eigenvalue weighted by atomic mass is 10.1. The minimum absolute atomic E-state index is 0.00383. The van der Waals surface area contributed by atoms with Crippen molar-refractivity contribution in [1.29, 1.82) is 0 Å². The molecule has 26 heavy (non-hydrogen) atoms. The van der Waals surface area contributed by atoms with E-state index < -0.39 is 4.92 Å². The van der Waals surface area contributed by atoms with Crippen molar-refractivity contribution < 1.29 is 9.72 Å². The lowest BCUT2D eigenvalue weighted by Crippen LogP contribution is -2.06. The van der Waals surface area contributed by atoms with E-state index >= 15 is 0 Å². The number of pyridine rings is 1. The molecule has 130 valence electrons. The lowest BCUT2D eigenvalue weighted by molar-refractivity contribution is -0.383. The molecule has 0 aliphatic heterocycles. The van der Waals surface area contributed by atoms with E-state index in [1.165, 1.54) is 13.3 Å². The number of carbonyl (C=O) groups is 1. The molecule has 0 amide bonds. The third-order valence-corrected chi connectivity index (χ3v) is 3.45. The van der Waals surface area contributed by atoms with Gasteiger partial charge in [-0.25, -0.2) is 15.0 Å². The number of ketones is 1. The molecular weight excluding hydrogens is 336 g/mol. The maximum absolute atomic E-state index is 11.6. The number of anilines is 4. The maximum atomic E-state index is 11.6. The number of nitrogens with one attached hydrogen (secondary N) is 2. The third kappa shape index (κ3) is 3.78. The summed E-state index contributed by atoms with van der Waals surface area (Å²) in [6.45, 7) is 1.45. The second-order valence-electron chi connectivity index (χ2n) is 5.28. The van der Waals surface area contributed by atoms with Crippen molar-refractivity contribution in [3.8, 4) is 0 Å². The lowest BCUT2D eigenvalue weighted by Gasteiger charge is -2.10. The van der Waals surface area contributed by atoms with Crippen molar-refractivity contribution in [3.63, 3.8) is 0 Å². The molecule has 0 spiro atoms. The van der Waals surface area contributed by atoms with Gasteiger partial charge in [0, 0.05) is 17.4 Å². The zero-order chi connectivity index (χ0) is 18.5. The first-order valence-corrected chi connectivity index (χ1v) is 7.60.